The lowest BCUT2D eigenvalue weighted by molar-refractivity contribution is 0.112. The van der Waals surface area contributed by atoms with E-state index < -0.39 is 0 Å². The van der Waals surface area contributed by atoms with Crippen LogP contribution in [0.1, 0.15) is 10.4 Å². The number of carbonyl (C=O) groups is 1. The Bertz CT molecular complexity index is 898. The molecule has 0 bridgehead atoms. The Morgan fingerprint density at radius 1 is 0.783 bits per heavy atom. The van der Waals surface area contributed by atoms with Crippen molar-refractivity contribution in [2.75, 3.05) is 5.73 Å². The van der Waals surface area contributed by atoms with Gasteiger partial charge in [0.1, 0.15) is 0 Å². The number of anilines is 1. The predicted molar refractivity (Wildman–Crippen MR) is 95.5 cm³/mol. The maximum absolute atomic E-state index is 10.6. The molecule has 0 fully saturated rings. The number of benzene rings is 3. The van der Waals surface area contributed by atoms with Gasteiger partial charge in [0.05, 0.1) is 5.52 Å². The van der Waals surface area contributed by atoms with Crippen LogP contribution in [0.3, 0.4) is 0 Å². The van der Waals surface area contributed by atoms with E-state index in [-0.39, 0.29) is 0 Å². The van der Waals surface area contributed by atoms with Gasteiger partial charge in [0.15, 0.2) is 6.29 Å². The van der Waals surface area contributed by atoms with Crippen molar-refractivity contribution in [1.82, 2.24) is 4.98 Å². The van der Waals surface area contributed by atoms with Crippen molar-refractivity contribution < 1.29 is 4.79 Å². The molecular formula is C20H16N2O. The van der Waals surface area contributed by atoms with Gasteiger partial charge in [-0.1, -0.05) is 54.6 Å². The molecule has 0 saturated carbocycles. The molecule has 0 aliphatic rings. The number of hydrogen-bond acceptors (Lipinski definition) is 3. The monoisotopic (exact) mass is 300 g/mol. The van der Waals surface area contributed by atoms with E-state index in [9.17, 15) is 4.79 Å². The van der Waals surface area contributed by atoms with Crippen molar-refractivity contribution >= 4 is 33.6 Å². The second kappa shape index (κ2) is 6.71. The smallest absolute Gasteiger partial charge is 0.152 e. The van der Waals surface area contributed by atoms with Crippen LogP contribution >= 0.6 is 0 Å². The van der Waals surface area contributed by atoms with Crippen molar-refractivity contribution in [2.45, 2.75) is 0 Å². The van der Waals surface area contributed by atoms with Gasteiger partial charge < -0.3 is 5.73 Å². The lowest BCUT2D eigenvalue weighted by atomic mass is 10.1. The number of aromatic nitrogens is 1. The topological polar surface area (TPSA) is 56.0 Å². The Labute approximate surface area is 134 Å². The van der Waals surface area contributed by atoms with Gasteiger partial charge in [-0.25, -0.2) is 0 Å². The number of aldehydes is 1. The van der Waals surface area contributed by atoms with E-state index in [1.807, 2.05) is 60.8 Å². The third kappa shape index (κ3) is 3.19. The van der Waals surface area contributed by atoms with E-state index in [4.69, 9.17) is 5.73 Å². The molecule has 0 radical (unpaired) electrons. The molecule has 23 heavy (non-hydrogen) atoms. The standard InChI is InChI=1S/C11H9NO.C9H7N/c12-11-9(7-13)6-5-8-3-1-2-4-10(8)11;1-2-6-9-8(4-1)5-3-7-10-9/h1-7H,12H2;1-7H. The van der Waals surface area contributed by atoms with E-state index in [2.05, 4.69) is 17.1 Å². The SMILES string of the molecule is Nc1c(C=O)ccc2ccccc12.c1ccc2ncccc2c1. The predicted octanol–water partition coefficient (Wildman–Crippen LogP) is 4.47. The summed E-state index contributed by atoms with van der Waals surface area (Å²) < 4.78 is 0. The molecule has 0 amide bonds. The molecule has 2 N–H and O–H groups in total. The number of pyridine rings is 1. The quantitative estimate of drug-likeness (QED) is 0.417. The molecule has 0 spiro atoms. The van der Waals surface area contributed by atoms with E-state index in [0.717, 1.165) is 22.6 Å². The highest BCUT2D eigenvalue weighted by Crippen LogP contribution is 2.23. The number of carbonyl (C=O) groups excluding carboxylic acids is 1. The first-order valence-electron chi connectivity index (χ1n) is 7.32. The van der Waals surface area contributed by atoms with Crippen LogP contribution in [-0.2, 0) is 0 Å². The van der Waals surface area contributed by atoms with Crippen LogP contribution < -0.4 is 5.73 Å². The summed E-state index contributed by atoms with van der Waals surface area (Å²) in [6.45, 7) is 0. The fraction of sp³-hybridized carbons (Fsp3) is 0. The summed E-state index contributed by atoms with van der Waals surface area (Å²) in [7, 11) is 0. The normalized spacial score (nSPS) is 10.1. The van der Waals surface area contributed by atoms with Crippen LogP contribution in [0.2, 0.25) is 0 Å². The van der Waals surface area contributed by atoms with Crippen LogP contribution in [0.5, 0.6) is 0 Å². The lowest BCUT2D eigenvalue weighted by Gasteiger charge is -2.03. The number of hydrogen-bond donors (Lipinski definition) is 1. The molecule has 0 aliphatic heterocycles. The number of rotatable bonds is 1. The number of nitrogens with two attached hydrogens (primary N) is 1. The molecule has 1 aromatic heterocycles. The lowest BCUT2D eigenvalue weighted by Crippen LogP contribution is -1.93. The highest BCUT2D eigenvalue weighted by Gasteiger charge is 2.01. The molecule has 0 unspecified atom stereocenters. The Hall–Kier alpha value is -3.20. The van der Waals surface area contributed by atoms with Gasteiger partial charge in [-0.3, -0.25) is 9.78 Å². The Morgan fingerprint density at radius 2 is 1.48 bits per heavy atom. The summed E-state index contributed by atoms with van der Waals surface area (Å²) in [4.78, 5) is 14.8. The van der Waals surface area contributed by atoms with Crippen LogP contribution in [0.15, 0.2) is 79.0 Å². The van der Waals surface area contributed by atoms with Gasteiger partial charge >= 0.3 is 0 Å². The van der Waals surface area contributed by atoms with E-state index in [1.165, 1.54) is 5.39 Å². The minimum absolute atomic E-state index is 0.554. The minimum atomic E-state index is 0.554. The molecule has 3 heteroatoms. The highest BCUT2D eigenvalue weighted by molar-refractivity contribution is 6.00. The van der Waals surface area contributed by atoms with Gasteiger partial charge in [0.25, 0.3) is 0 Å². The average Bonchev–Trinajstić information content (AvgIpc) is 2.63. The van der Waals surface area contributed by atoms with E-state index in [0.29, 0.717) is 11.3 Å². The van der Waals surface area contributed by atoms with Crippen LogP contribution in [0.4, 0.5) is 5.69 Å². The Balaban J connectivity index is 0.000000140. The third-order valence-corrected chi connectivity index (χ3v) is 3.64. The number of nitrogens with zero attached hydrogens (tertiary/aromatic N) is 1. The van der Waals surface area contributed by atoms with Gasteiger partial charge in [-0.05, 0) is 23.6 Å². The molecular weight excluding hydrogens is 284 g/mol. The molecule has 0 aliphatic carbocycles. The summed E-state index contributed by atoms with van der Waals surface area (Å²) in [6, 6.07) is 23.5. The summed E-state index contributed by atoms with van der Waals surface area (Å²) >= 11 is 0. The first-order valence-corrected chi connectivity index (χ1v) is 7.32. The van der Waals surface area contributed by atoms with Crippen molar-refractivity contribution in [2.24, 2.45) is 0 Å². The fourth-order valence-electron chi connectivity index (χ4n) is 2.43. The average molecular weight is 300 g/mol. The van der Waals surface area contributed by atoms with Crippen molar-refractivity contribution in [1.29, 1.82) is 0 Å². The summed E-state index contributed by atoms with van der Waals surface area (Å²) in [5.74, 6) is 0. The summed E-state index contributed by atoms with van der Waals surface area (Å²) in [5.41, 5.74) is 7.98. The molecule has 0 atom stereocenters. The van der Waals surface area contributed by atoms with Crippen molar-refractivity contribution in [3.8, 4) is 0 Å². The molecule has 4 rings (SSSR count). The summed E-state index contributed by atoms with van der Waals surface area (Å²) in [5, 5.41) is 3.20. The number of para-hydroxylation sites is 1. The largest absolute Gasteiger partial charge is 0.398 e. The number of fused-ring (bicyclic) bond motifs is 2. The zero-order valence-corrected chi connectivity index (χ0v) is 12.5. The summed E-state index contributed by atoms with van der Waals surface area (Å²) in [6.07, 6.45) is 2.59. The van der Waals surface area contributed by atoms with Crippen LogP contribution in [0, 0.1) is 0 Å². The van der Waals surface area contributed by atoms with Crippen molar-refractivity contribution in [3.63, 3.8) is 0 Å². The van der Waals surface area contributed by atoms with Gasteiger partial charge in [-0.2, -0.15) is 0 Å². The Morgan fingerprint density at radius 3 is 2.26 bits per heavy atom. The zero-order chi connectivity index (χ0) is 16.1. The second-order valence-corrected chi connectivity index (χ2v) is 5.10. The fourth-order valence-corrected chi connectivity index (χ4v) is 2.43. The van der Waals surface area contributed by atoms with E-state index in [1.54, 1.807) is 6.07 Å². The molecule has 1 heterocycles. The zero-order valence-electron chi connectivity index (χ0n) is 12.5. The first-order chi connectivity index (χ1) is 11.3. The van der Waals surface area contributed by atoms with Gasteiger partial charge in [0.2, 0.25) is 0 Å². The number of nitrogen functional groups attached to an aromatic ring is 1. The molecule has 112 valence electrons. The maximum Gasteiger partial charge on any atom is 0.152 e. The minimum Gasteiger partial charge on any atom is -0.398 e. The Kier molecular flexibility index (Phi) is 4.29. The van der Waals surface area contributed by atoms with Gasteiger partial charge in [0, 0.05) is 28.2 Å². The third-order valence-electron chi connectivity index (χ3n) is 3.64. The van der Waals surface area contributed by atoms with Crippen molar-refractivity contribution in [3.05, 3.63) is 84.6 Å². The van der Waals surface area contributed by atoms with Crippen LogP contribution in [0.25, 0.3) is 21.7 Å². The van der Waals surface area contributed by atoms with E-state index >= 15 is 0 Å². The molecule has 0 saturated heterocycles. The van der Waals surface area contributed by atoms with Gasteiger partial charge in [-0.15, -0.1) is 0 Å². The highest BCUT2D eigenvalue weighted by atomic mass is 16.1. The van der Waals surface area contributed by atoms with Crippen LogP contribution in [-0.4, -0.2) is 11.3 Å². The molecule has 3 aromatic carbocycles. The molecule has 4 aromatic rings. The maximum atomic E-state index is 10.6. The second-order valence-electron chi connectivity index (χ2n) is 5.10. The first kappa shape index (κ1) is 14.7. The molecule has 3 nitrogen and oxygen atoms in total.